The van der Waals surface area contributed by atoms with Crippen LogP contribution in [-0.2, 0) is 16.1 Å². The van der Waals surface area contributed by atoms with Crippen molar-refractivity contribution >= 4 is 33.4 Å². The first-order valence-electron chi connectivity index (χ1n) is 8.63. The quantitative estimate of drug-likeness (QED) is 0.345. The van der Waals surface area contributed by atoms with Crippen molar-refractivity contribution in [3.05, 3.63) is 88.5 Å². The first kappa shape index (κ1) is 18.3. The van der Waals surface area contributed by atoms with Crippen LogP contribution in [0.4, 0.5) is 0 Å². The van der Waals surface area contributed by atoms with Gasteiger partial charge in [-0.3, -0.25) is 19.4 Å². The second-order valence-corrected chi connectivity index (χ2v) is 7.37. The fourth-order valence-electron chi connectivity index (χ4n) is 3.44. The van der Waals surface area contributed by atoms with E-state index in [0.29, 0.717) is 16.9 Å². The molecule has 0 N–H and O–H groups in total. The second-order valence-electron chi connectivity index (χ2n) is 6.46. The number of Topliss-reactive ketones (excluding diaryl/α,β-unsaturated/α-hetero) is 2. The third-order valence-corrected chi connectivity index (χ3v) is 5.28. The van der Waals surface area contributed by atoms with Crippen LogP contribution < -0.4 is 0 Å². The molecule has 7 heteroatoms. The summed E-state index contributed by atoms with van der Waals surface area (Å²) in [6.07, 6.45) is 4.68. The number of amides is 1. The van der Waals surface area contributed by atoms with Gasteiger partial charge in [-0.25, -0.2) is 0 Å². The summed E-state index contributed by atoms with van der Waals surface area (Å²) in [4.78, 5) is 44.3. The van der Waals surface area contributed by atoms with Gasteiger partial charge in [-0.2, -0.15) is 0 Å². The lowest BCUT2D eigenvalue weighted by Gasteiger charge is -2.26. The van der Waals surface area contributed by atoms with Gasteiger partial charge in [-0.1, -0.05) is 34.1 Å². The zero-order chi connectivity index (χ0) is 19.7. The van der Waals surface area contributed by atoms with E-state index in [0.717, 1.165) is 4.47 Å². The van der Waals surface area contributed by atoms with Gasteiger partial charge in [0.25, 0.3) is 5.91 Å². The van der Waals surface area contributed by atoms with Crippen molar-refractivity contribution in [2.24, 2.45) is 5.92 Å². The van der Waals surface area contributed by atoms with Crippen molar-refractivity contribution in [2.45, 2.75) is 12.6 Å². The van der Waals surface area contributed by atoms with Crippen LogP contribution in [0, 0.1) is 5.92 Å². The van der Waals surface area contributed by atoms with Gasteiger partial charge in [0.1, 0.15) is 11.7 Å². The molecule has 3 heterocycles. The number of aromatic nitrogens is 1. The van der Waals surface area contributed by atoms with Crippen LogP contribution in [0.5, 0.6) is 0 Å². The molecule has 6 nitrogen and oxygen atoms in total. The number of benzene rings is 1. The molecule has 0 spiro atoms. The van der Waals surface area contributed by atoms with Crippen molar-refractivity contribution in [3.8, 4) is 0 Å². The van der Waals surface area contributed by atoms with Gasteiger partial charge in [0.05, 0.1) is 18.8 Å². The number of hydrogen-bond donors (Lipinski definition) is 0. The Bertz CT molecular complexity index is 1020. The molecular weight excluding hydrogens is 424 g/mol. The Morgan fingerprint density at radius 3 is 2.54 bits per heavy atom. The Hall–Kier alpha value is -3.06. The summed E-state index contributed by atoms with van der Waals surface area (Å²) in [6.45, 7) is 0.0985. The minimum Gasteiger partial charge on any atom is -0.467 e. The van der Waals surface area contributed by atoms with Crippen molar-refractivity contribution < 1.29 is 18.8 Å². The molecule has 4 rings (SSSR count). The monoisotopic (exact) mass is 438 g/mol. The molecule has 140 valence electrons. The molecule has 2 atom stereocenters. The maximum absolute atomic E-state index is 13.2. The highest BCUT2D eigenvalue weighted by molar-refractivity contribution is 9.10. The van der Waals surface area contributed by atoms with Gasteiger partial charge in [0.15, 0.2) is 5.78 Å². The normalized spacial score (nSPS) is 19.2. The average Bonchev–Trinajstić information content (AvgIpc) is 3.31. The molecule has 0 bridgehead atoms. The van der Waals surface area contributed by atoms with Crippen molar-refractivity contribution in [1.82, 2.24) is 9.88 Å². The van der Waals surface area contributed by atoms with Crippen LogP contribution in [-0.4, -0.2) is 27.4 Å². The van der Waals surface area contributed by atoms with Gasteiger partial charge in [-0.15, -0.1) is 0 Å². The van der Waals surface area contributed by atoms with Gasteiger partial charge < -0.3 is 9.32 Å². The van der Waals surface area contributed by atoms with Crippen molar-refractivity contribution in [1.29, 1.82) is 0 Å². The van der Waals surface area contributed by atoms with E-state index in [4.69, 9.17) is 4.42 Å². The highest BCUT2D eigenvalue weighted by Gasteiger charge is 2.51. The molecule has 2 unspecified atom stereocenters. The van der Waals surface area contributed by atoms with E-state index in [-0.39, 0.29) is 12.3 Å². The van der Waals surface area contributed by atoms with Crippen molar-refractivity contribution in [3.63, 3.8) is 0 Å². The zero-order valence-electron chi connectivity index (χ0n) is 14.6. The highest BCUT2D eigenvalue weighted by atomic mass is 79.9. The molecule has 0 aliphatic carbocycles. The third kappa shape index (κ3) is 3.29. The Morgan fingerprint density at radius 2 is 1.89 bits per heavy atom. The summed E-state index contributed by atoms with van der Waals surface area (Å²) < 4.78 is 6.17. The van der Waals surface area contributed by atoms with Crippen LogP contribution >= 0.6 is 15.9 Å². The number of carbonyl (C=O) groups is 3. The van der Waals surface area contributed by atoms with Gasteiger partial charge in [-0.05, 0) is 35.9 Å². The van der Waals surface area contributed by atoms with E-state index in [9.17, 15) is 14.4 Å². The molecule has 1 aromatic carbocycles. The van der Waals surface area contributed by atoms with Crippen LogP contribution in [0.3, 0.4) is 0 Å². The number of pyridine rings is 1. The molecule has 0 saturated carbocycles. The Balaban J connectivity index is 1.76. The van der Waals surface area contributed by atoms with E-state index in [2.05, 4.69) is 20.9 Å². The summed E-state index contributed by atoms with van der Waals surface area (Å²) in [6, 6.07) is 12.9. The fraction of sp³-hybridized carbons (Fsp3) is 0.143. The molecule has 1 aliphatic rings. The first-order valence-corrected chi connectivity index (χ1v) is 9.42. The first-order chi connectivity index (χ1) is 13.6. The predicted molar refractivity (Wildman–Crippen MR) is 103 cm³/mol. The van der Waals surface area contributed by atoms with E-state index < -0.39 is 23.7 Å². The van der Waals surface area contributed by atoms with Crippen LogP contribution in [0.1, 0.15) is 27.7 Å². The number of furan rings is 1. The lowest BCUT2D eigenvalue weighted by molar-refractivity contribution is -0.141. The lowest BCUT2D eigenvalue weighted by atomic mass is 9.87. The standard InChI is InChI=1S/C21H15BrN2O4/c22-15-7-5-13(6-8-15)19(25)17-18(14-3-1-9-23-11-14)24(21(27)20(17)26)12-16-4-2-10-28-16/h1-11,17-18H,12H2. The molecular formula is C21H15BrN2O4. The van der Waals surface area contributed by atoms with E-state index in [1.165, 1.54) is 11.2 Å². The van der Waals surface area contributed by atoms with Crippen LogP contribution in [0.2, 0.25) is 0 Å². The lowest BCUT2D eigenvalue weighted by Crippen LogP contribution is -2.30. The molecule has 28 heavy (non-hydrogen) atoms. The number of carbonyl (C=O) groups excluding carboxylic acids is 3. The van der Waals surface area contributed by atoms with E-state index >= 15 is 0 Å². The number of hydrogen-bond acceptors (Lipinski definition) is 5. The van der Waals surface area contributed by atoms with Crippen LogP contribution in [0.15, 0.2) is 76.1 Å². The van der Waals surface area contributed by atoms with Crippen LogP contribution in [0.25, 0.3) is 0 Å². The Labute approximate surface area is 169 Å². The number of likely N-dealkylation sites (tertiary alicyclic amines) is 1. The smallest absolute Gasteiger partial charge is 0.291 e. The van der Waals surface area contributed by atoms with Crippen molar-refractivity contribution in [2.75, 3.05) is 0 Å². The van der Waals surface area contributed by atoms with Gasteiger partial charge >= 0.3 is 0 Å². The maximum atomic E-state index is 13.2. The topological polar surface area (TPSA) is 80.5 Å². The highest BCUT2D eigenvalue weighted by Crippen LogP contribution is 2.39. The number of ketones is 2. The summed E-state index contributed by atoms with van der Waals surface area (Å²) in [5, 5.41) is 0. The minimum absolute atomic E-state index is 0.0985. The largest absolute Gasteiger partial charge is 0.467 e. The molecule has 1 aliphatic heterocycles. The zero-order valence-corrected chi connectivity index (χ0v) is 16.2. The Morgan fingerprint density at radius 1 is 1.11 bits per heavy atom. The maximum Gasteiger partial charge on any atom is 0.291 e. The molecule has 2 aromatic heterocycles. The number of halogens is 1. The molecule has 1 saturated heterocycles. The van der Waals surface area contributed by atoms with Gasteiger partial charge in [0, 0.05) is 22.4 Å². The fourth-order valence-corrected chi connectivity index (χ4v) is 3.71. The number of rotatable bonds is 5. The number of nitrogens with zero attached hydrogens (tertiary/aromatic N) is 2. The third-order valence-electron chi connectivity index (χ3n) is 4.75. The predicted octanol–water partition coefficient (Wildman–Crippen LogP) is 3.59. The molecule has 1 amide bonds. The van der Waals surface area contributed by atoms with Gasteiger partial charge in [0.2, 0.25) is 5.78 Å². The molecule has 0 radical (unpaired) electrons. The summed E-state index contributed by atoms with van der Waals surface area (Å²) in [5.74, 6) is -2.39. The van der Waals surface area contributed by atoms with E-state index in [1.54, 1.807) is 60.9 Å². The second kappa shape index (κ2) is 7.52. The molecule has 1 fully saturated rings. The summed E-state index contributed by atoms with van der Waals surface area (Å²) in [5.41, 5.74) is 1.01. The average molecular weight is 439 g/mol. The summed E-state index contributed by atoms with van der Waals surface area (Å²) >= 11 is 3.33. The molecule has 3 aromatic rings. The minimum atomic E-state index is -1.13. The Kier molecular flexibility index (Phi) is 4.92. The van der Waals surface area contributed by atoms with E-state index in [1.807, 2.05) is 0 Å². The SMILES string of the molecule is O=C1C(=O)N(Cc2ccco2)C(c2cccnc2)C1C(=O)c1ccc(Br)cc1. The summed E-state index contributed by atoms with van der Waals surface area (Å²) in [7, 11) is 0.